The topological polar surface area (TPSA) is 131 Å². The maximum atomic E-state index is 13.4. The Morgan fingerprint density at radius 1 is 1.00 bits per heavy atom. The molecule has 0 radical (unpaired) electrons. The third-order valence-corrected chi connectivity index (χ3v) is 9.48. The van der Waals surface area contributed by atoms with Gasteiger partial charge in [0.1, 0.15) is 19.3 Å². The number of ether oxygens (including phenoxy) is 2. The van der Waals surface area contributed by atoms with Crippen LogP contribution in [0.4, 0.5) is 4.79 Å². The first-order valence-corrected chi connectivity index (χ1v) is 17.3. The van der Waals surface area contributed by atoms with E-state index in [9.17, 15) is 24.3 Å². The molecule has 43 heavy (non-hydrogen) atoms. The number of hydrogen-bond donors (Lipinski definition) is 4. The molecule has 12 heteroatoms. The minimum absolute atomic E-state index is 0.114. The van der Waals surface area contributed by atoms with Crippen LogP contribution >= 0.6 is 34.2 Å². The first-order valence-electron chi connectivity index (χ1n) is 14.0. The quantitative estimate of drug-likeness (QED) is 0.0953. The molecule has 4 unspecified atom stereocenters. The molecule has 4 atom stereocenters. The Labute approximate surface area is 267 Å². The van der Waals surface area contributed by atoms with Crippen LogP contribution in [-0.2, 0) is 36.9 Å². The van der Waals surface area contributed by atoms with Gasteiger partial charge in [-0.1, -0.05) is 71.5 Å². The molecule has 0 fully saturated rings. The summed E-state index contributed by atoms with van der Waals surface area (Å²) < 4.78 is 10.8. The molecule has 3 N–H and O–H groups in total. The van der Waals surface area contributed by atoms with E-state index in [1.807, 2.05) is 66.9 Å². The van der Waals surface area contributed by atoms with Gasteiger partial charge >= 0.3 is 18.0 Å². The Balaban J connectivity index is 2.13. The van der Waals surface area contributed by atoms with Gasteiger partial charge < -0.3 is 25.2 Å². The predicted octanol–water partition coefficient (Wildman–Crippen LogP) is 5.39. The fourth-order valence-electron chi connectivity index (χ4n) is 4.10. The summed E-state index contributed by atoms with van der Waals surface area (Å²) in [5.41, 5.74) is 0.529. The number of thioether (sulfide) groups is 1. The third kappa shape index (κ3) is 12.7. The van der Waals surface area contributed by atoms with Crippen molar-refractivity contribution >= 4 is 58.2 Å². The number of carbonyl (C=O) groups is 4. The van der Waals surface area contributed by atoms with Crippen LogP contribution in [0.2, 0.25) is 0 Å². The van der Waals surface area contributed by atoms with Gasteiger partial charge in [0.2, 0.25) is 5.91 Å². The second kappa shape index (κ2) is 18.7. The lowest BCUT2D eigenvalue weighted by molar-refractivity contribution is -0.152. The highest BCUT2D eigenvalue weighted by Gasteiger charge is 2.37. The average molecular weight is 651 g/mol. The molecule has 2 aromatic carbocycles. The van der Waals surface area contributed by atoms with Gasteiger partial charge in [0.25, 0.3) is 0 Å². The number of thiol groups is 1. The molecule has 0 spiro atoms. The van der Waals surface area contributed by atoms with Gasteiger partial charge in [-0.25, -0.2) is 4.79 Å². The number of esters is 1. The van der Waals surface area contributed by atoms with Gasteiger partial charge in [0.15, 0.2) is 0 Å². The number of rotatable bonds is 18. The molecule has 0 saturated heterocycles. The monoisotopic (exact) mass is 650 g/mol. The van der Waals surface area contributed by atoms with Crippen molar-refractivity contribution in [2.45, 2.75) is 64.0 Å². The Hall–Kier alpha value is -2.83. The van der Waals surface area contributed by atoms with Crippen molar-refractivity contribution in [2.75, 3.05) is 18.6 Å². The zero-order valence-electron chi connectivity index (χ0n) is 25.0. The van der Waals surface area contributed by atoms with E-state index in [2.05, 4.69) is 22.3 Å². The average Bonchev–Trinajstić information content (AvgIpc) is 2.99. The SMILES string of the molecule is CSCCC(NC(=O)OC(C)C(C)(C)C(=O)O)C(CC(Cc1ccccc1)C(=O)NCC(=O)OCc1ccccc1)SS. The molecule has 0 aromatic heterocycles. The van der Waals surface area contributed by atoms with Crippen LogP contribution in [0.5, 0.6) is 0 Å². The number of benzene rings is 2. The maximum Gasteiger partial charge on any atom is 0.407 e. The summed E-state index contributed by atoms with van der Waals surface area (Å²) in [6, 6.07) is 18.4. The van der Waals surface area contributed by atoms with E-state index in [0.29, 0.717) is 19.3 Å². The number of aliphatic carboxylic acids is 1. The fourth-order valence-corrected chi connectivity index (χ4v) is 5.96. The summed E-state index contributed by atoms with van der Waals surface area (Å²) in [7, 11) is 1.24. The number of carboxylic acid groups (broad SMARTS) is 1. The number of alkyl carbamates (subject to hydrolysis) is 1. The number of hydrogen-bond acceptors (Lipinski definition) is 9. The van der Waals surface area contributed by atoms with Crippen molar-refractivity contribution in [1.29, 1.82) is 0 Å². The summed E-state index contributed by atoms with van der Waals surface area (Å²) in [6.07, 6.45) is 1.69. The molecule has 0 aliphatic carbocycles. The minimum Gasteiger partial charge on any atom is -0.481 e. The third-order valence-electron chi connectivity index (χ3n) is 7.23. The molecule has 9 nitrogen and oxygen atoms in total. The van der Waals surface area contributed by atoms with Gasteiger partial charge in [-0.3, -0.25) is 14.4 Å². The first-order chi connectivity index (χ1) is 20.5. The van der Waals surface area contributed by atoms with Crippen LogP contribution in [0.15, 0.2) is 60.7 Å². The van der Waals surface area contributed by atoms with E-state index < -0.39 is 41.5 Å². The van der Waals surface area contributed by atoms with Gasteiger partial charge in [0, 0.05) is 17.2 Å². The van der Waals surface area contributed by atoms with Crippen LogP contribution in [-0.4, -0.2) is 65.0 Å². The van der Waals surface area contributed by atoms with E-state index in [1.165, 1.54) is 24.6 Å². The Morgan fingerprint density at radius 2 is 1.60 bits per heavy atom. The molecule has 0 aliphatic rings. The molecule has 0 bridgehead atoms. The van der Waals surface area contributed by atoms with E-state index in [1.54, 1.807) is 18.7 Å². The fraction of sp³-hybridized carbons (Fsp3) is 0.484. The van der Waals surface area contributed by atoms with Gasteiger partial charge in [-0.15, -0.1) is 11.7 Å². The van der Waals surface area contributed by atoms with Crippen LogP contribution in [0.3, 0.4) is 0 Å². The molecular formula is C31H42N2O7S3. The van der Waals surface area contributed by atoms with E-state index in [-0.39, 0.29) is 24.3 Å². The van der Waals surface area contributed by atoms with Crippen molar-refractivity contribution < 1.29 is 33.8 Å². The standard InChI is InChI=1S/C31H42N2O7S3/c1-21(31(2,3)29(36)37)40-30(38)33-25(15-16-42-4)26(43-41)18-24(17-22-11-7-5-8-12-22)28(35)32-19-27(34)39-20-23-13-9-6-10-14-23/h5-14,21,24-26,41H,15-20H2,1-4H3,(H,32,35)(H,33,38)(H,36,37). The molecule has 2 aromatic rings. The van der Waals surface area contributed by atoms with Gasteiger partial charge in [-0.2, -0.15) is 11.8 Å². The second-order valence-electron chi connectivity index (χ2n) is 10.7. The van der Waals surface area contributed by atoms with Crippen molar-refractivity contribution in [3.63, 3.8) is 0 Å². The predicted molar refractivity (Wildman–Crippen MR) is 175 cm³/mol. The van der Waals surface area contributed by atoms with Crippen molar-refractivity contribution in [2.24, 2.45) is 11.3 Å². The van der Waals surface area contributed by atoms with E-state index in [4.69, 9.17) is 9.47 Å². The zero-order valence-corrected chi connectivity index (χ0v) is 27.5. The van der Waals surface area contributed by atoms with E-state index in [0.717, 1.165) is 16.9 Å². The second-order valence-corrected chi connectivity index (χ2v) is 13.2. The Kier molecular flexibility index (Phi) is 15.9. The highest BCUT2D eigenvalue weighted by Crippen LogP contribution is 2.30. The molecular weight excluding hydrogens is 609 g/mol. The summed E-state index contributed by atoms with van der Waals surface area (Å²) in [5, 5.41) is 14.8. The number of carbonyl (C=O) groups excluding carboxylic acids is 3. The lowest BCUT2D eigenvalue weighted by Crippen LogP contribution is -2.47. The minimum atomic E-state index is -1.27. The van der Waals surface area contributed by atoms with Gasteiger partial charge in [0.05, 0.1) is 5.41 Å². The maximum absolute atomic E-state index is 13.4. The molecule has 2 rings (SSSR count). The molecule has 236 valence electrons. The molecule has 2 amide bonds. The largest absolute Gasteiger partial charge is 0.481 e. The summed E-state index contributed by atoms with van der Waals surface area (Å²) in [4.78, 5) is 50.3. The van der Waals surface area contributed by atoms with Crippen LogP contribution < -0.4 is 10.6 Å². The highest BCUT2D eigenvalue weighted by molar-refractivity contribution is 8.68. The van der Waals surface area contributed by atoms with Crippen molar-refractivity contribution in [3.05, 3.63) is 71.8 Å². The molecule has 0 heterocycles. The molecule has 0 aliphatic heterocycles. The summed E-state index contributed by atoms with van der Waals surface area (Å²) >= 11 is 6.11. The lowest BCUT2D eigenvalue weighted by Gasteiger charge is -2.31. The Bertz CT molecular complexity index is 1170. The number of amides is 2. The van der Waals surface area contributed by atoms with Gasteiger partial charge in [-0.05, 0) is 63.2 Å². The van der Waals surface area contributed by atoms with Crippen molar-refractivity contribution in [1.82, 2.24) is 10.6 Å². The highest BCUT2D eigenvalue weighted by atomic mass is 33.1. The zero-order chi connectivity index (χ0) is 31.8. The summed E-state index contributed by atoms with van der Waals surface area (Å²) in [6.45, 7) is 4.38. The smallest absolute Gasteiger partial charge is 0.407 e. The number of nitrogens with one attached hydrogen (secondary N) is 2. The van der Waals surface area contributed by atoms with Crippen LogP contribution in [0, 0.1) is 11.3 Å². The lowest BCUT2D eigenvalue weighted by atomic mass is 9.88. The first kappa shape index (κ1) is 36.4. The summed E-state index contributed by atoms with van der Waals surface area (Å²) in [5.74, 6) is -1.73. The van der Waals surface area contributed by atoms with Crippen LogP contribution in [0.25, 0.3) is 0 Å². The van der Waals surface area contributed by atoms with Crippen LogP contribution in [0.1, 0.15) is 44.7 Å². The molecule has 0 saturated carbocycles. The van der Waals surface area contributed by atoms with Crippen molar-refractivity contribution in [3.8, 4) is 0 Å². The number of carboxylic acids is 1. The van der Waals surface area contributed by atoms with E-state index >= 15 is 0 Å². The Morgan fingerprint density at radius 3 is 2.16 bits per heavy atom. The normalized spacial score (nSPS) is 14.1.